The zero-order chi connectivity index (χ0) is 48.5. The van der Waals surface area contributed by atoms with Gasteiger partial charge in [-0.2, -0.15) is 0 Å². The third-order valence-electron chi connectivity index (χ3n) is 10.1. The van der Waals surface area contributed by atoms with Gasteiger partial charge >= 0.3 is 7.82 Å². The molecule has 0 saturated heterocycles. The lowest BCUT2D eigenvalue weighted by Crippen LogP contribution is -2.45. The van der Waals surface area contributed by atoms with Gasteiger partial charge in [0, 0.05) is 6.42 Å². The van der Waals surface area contributed by atoms with Crippen LogP contribution in [0.1, 0.15) is 155 Å². The minimum absolute atomic E-state index is 0.0423. The maximum absolute atomic E-state index is 12.9. The van der Waals surface area contributed by atoms with Crippen molar-refractivity contribution in [1.29, 1.82) is 0 Å². The second-order valence-corrected chi connectivity index (χ2v) is 18.9. The lowest BCUT2D eigenvalue weighted by Gasteiger charge is -2.25. The molecule has 0 aliphatic heterocycles. The number of unbranched alkanes of at least 4 members (excludes halogenated alkanes) is 9. The Labute approximate surface area is 404 Å². The molecule has 0 spiro atoms. The van der Waals surface area contributed by atoms with E-state index in [9.17, 15) is 19.4 Å². The van der Waals surface area contributed by atoms with Crippen molar-refractivity contribution >= 4 is 13.7 Å². The van der Waals surface area contributed by atoms with Crippen LogP contribution in [0.15, 0.2) is 146 Å². The number of aliphatic hydroxyl groups excluding tert-OH is 1. The first-order chi connectivity index (χ1) is 32.0. The fourth-order valence-electron chi connectivity index (χ4n) is 6.19. The predicted molar refractivity (Wildman–Crippen MR) is 285 cm³/mol. The van der Waals surface area contributed by atoms with Gasteiger partial charge in [0.2, 0.25) is 5.91 Å². The summed E-state index contributed by atoms with van der Waals surface area (Å²) in [7, 11) is 1.51. The second kappa shape index (κ2) is 46.5. The Balaban J connectivity index is 4.17. The van der Waals surface area contributed by atoms with Gasteiger partial charge in [-0.1, -0.05) is 185 Å². The van der Waals surface area contributed by atoms with E-state index in [1.54, 1.807) is 6.08 Å². The van der Waals surface area contributed by atoms with Crippen molar-refractivity contribution in [2.45, 2.75) is 167 Å². The lowest BCUT2D eigenvalue weighted by atomic mass is 10.1. The van der Waals surface area contributed by atoms with Gasteiger partial charge in [0.15, 0.2) is 0 Å². The molecule has 1 amide bonds. The van der Waals surface area contributed by atoms with Gasteiger partial charge in [0.25, 0.3) is 0 Å². The number of allylic oxidation sites excluding steroid dienone is 23. The number of carbonyl (C=O) groups is 1. The molecular formula is C57H94N2O6P+. The topological polar surface area (TPSA) is 105 Å². The maximum atomic E-state index is 12.9. The SMILES string of the molecule is C/C=C/CC/C=C/CC/C=C/C(O)C(COP(=O)(O)OCC[N+](C)(C)C)NC(=O)CCCCCCCCC/C=C\C/C=C\C/C=C\C/C=C\C/C=C\C/C=C\C/C=C\C/C=C\C/C=C\CC. The van der Waals surface area contributed by atoms with Crippen molar-refractivity contribution in [3.05, 3.63) is 146 Å². The number of likely N-dealkylation sites (N-methyl/N-ethyl adjacent to an activating group) is 1. The minimum Gasteiger partial charge on any atom is -0.387 e. The summed E-state index contributed by atoms with van der Waals surface area (Å²) in [6.45, 7) is 4.38. The van der Waals surface area contributed by atoms with Gasteiger partial charge in [0.1, 0.15) is 13.2 Å². The molecule has 3 atom stereocenters. The number of nitrogens with zero attached hydrogens (tertiary/aromatic N) is 1. The molecule has 3 N–H and O–H groups in total. The van der Waals surface area contributed by atoms with Crippen LogP contribution in [-0.4, -0.2) is 73.4 Å². The molecule has 0 aromatic carbocycles. The van der Waals surface area contributed by atoms with Crippen molar-refractivity contribution in [2.24, 2.45) is 0 Å². The molecule has 3 unspecified atom stereocenters. The number of rotatable bonds is 43. The summed E-state index contributed by atoms with van der Waals surface area (Å²) in [5, 5.41) is 13.7. The second-order valence-electron chi connectivity index (χ2n) is 17.4. The van der Waals surface area contributed by atoms with E-state index >= 15 is 0 Å². The molecule has 372 valence electrons. The van der Waals surface area contributed by atoms with Gasteiger partial charge in [0.05, 0.1) is 39.9 Å². The molecule has 66 heavy (non-hydrogen) atoms. The highest BCUT2D eigenvalue weighted by atomic mass is 31.2. The van der Waals surface area contributed by atoms with E-state index < -0.39 is 20.0 Å². The number of nitrogens with one attached hydrogen (secondary N) is 1. The van der Waals surface area contributed by atoms with Crippen LogP contribution >= 0.6 is 7.82 Å². The van der Waals surface area contributed by atoms with Crippen LogP contribution in [-0.2, 0) is 18.4 Å². The maximum Gasteiger partial charge on any atom is 0.472 e. The Morgan fingerprint density at radius 3 is 1.39 bits per heavy atom. The molecule has 8 nitrogen and oxygen atoms in total. The molecule has 9 heteroatoms. The van der Waals surface area contributed by atoms with Crippen molar-refractivity contribution in [3.8, 4) is 0 Å². The third-order valence-corrected chi connectivity index (χ3v) is 11.1. The fourth-order valence-corrected chi connectivity index (χ4v) is 6.92. The van der Waals surface area contributed by atoms with E-state index in [4.69, 9.17) is 9.05 Å². The number of hydrogen-bond acceptors (Lipinski definition) is 5. The highest BCUT2D eigenvalue weighted by Crippen LogP contribution is 2.43. The number of phosphoric ester groups is 1. The molecule has 0 heterocycles. The number of quaternary nitrogens is 1. The van der Waals surface area contributed by atoms with Crippen molar-refractivity contribution in [2.75, 3.05) is 40.9 Å². The average molecular weight is 934 g/mol. The van der Waals surface area contributed by atoms with Crippen molar-refractivity contribution in [1.82, 2.24) is 5.32 Å². The van der Waals surface area contributed by atoms with Gasteiger partial charge < -0.3 is 19.8 Å². The summed E-state index contributed by atoms with van der Waals surface area (Å²) in [4.78, 5) is 23.1. The number of phosphoric acid groups is 1. The van der Waals surface area contributed by atoms with Gasteiger partial charge in [-0.15, -0.1) is 0 Å². The first kappa shape index (κ1) is 62.4. The van der Waals surface area contributed by atoms with E-state index in [0.29, 0.717) is 17.4 Å². The van der Waals surface area contributed by atoms with E-state index in [2.05, 4.69) is 140 Å². The van der Waals surface area contributed by atoms with Crippen LogP contribution in [0.2, 0.25) is 0 Å². The molecule has 0 aliphatic carbocycles. The average Bonchev–Trinajstić information content (AvgIpc) is 3.28. The van der Waals surface area contributed by atoms with Gasteiger partial charge in [-0.25, -0.2) is 4.57 Å². The van der Waals surface area contributed by atoms with Gasteiger partial charge in [-0.05, 0) is 110 Å². The highest BCUT2D eigenvalue weighted by Gasteiger charge is 2.27. The van der Waals surface area contributed by atoms with Crippen LogP contribution in [0.25, 0.3) is 0 Å². The molecule has 0 saturated carbocycles. The van der Waals surface area contributed by atoms with Crippen molar-refractivity contribution < 1.29 is 32.9 Å². The molecule has 0 bridgehead atoms. The monoisotopic (exact) mass is 934 g/mol. The Kier molecular flexibility index (Phi) is 43.9. The first-order valence-corrected chi connectivity index (χ1v) is 26.7. The minimum atomic E-state index is -4.36. The Bertz CT molecular complexity index is 1570. The summed E-state index contributed by atoms with van der Waals surface area (Å²) in [5.74, 6) is -0.214. The molecule has 0 fully saturated rings. The smallest absolute Gasteiger partial charge is 0.387 e. The lowest BCUT2D eigenvalue weighted by molar-refractivity contribution is -0.870. The summed E-state index contributed by atoms with van der Waals surface area (Å²) < 4.78 is 23.5. The predicted octanol–water partition coefficient (Wildman–Crippen LogP) is 15.0. The summed E-state index contributed by atoms with van der Waals surface area (Å²) in [6, 6.07) is -0.884. The summed E-state index contributed by atoms with van der Waals surface area (Å²) in [5.41, 5.74) is 0. The van der Waals surface area contributed by atoms with Crippen LogP contribution < -0.4 is 5.32 Å². The van der Waals surface area contributed by atoms with E-state index in [-0.39, 0.29) is 19.1 Å². The van der Waals surface area contributed by atoms with Crippen LogP contribution in [0.4, 0.5) is 0 Å². The summed E-state index contributed by atoms with van der Waals surface area (Å²) in [6.07, 6.45) is 72.6. The number of carbonyl (C=O) groups excluding carboxylic acids is 1. The Morgan fingerprint density at radius 1 is 0.545 bits per heavy atom. The highest BCUT2D eigenvalue weighted by molar-refractivity contribution is 7.47. The quantitative estimate of drug-likeness (QED) is 0.0243. The zero-order valence-corrected chi connectivity index (χ0v) is 43.0. The van der Waals surface area contributed by atoms with Crippen LogP contribution in [0.3, 0.4) is 0 Å². The standard InChI is InChI=1S/C57H93N2O6P/c1-6-8-10-12-14-16-17-18-19-20-21-22-23-24-25-26-27-28-29-30-31-32-33-34-35-36-37-38-39-40-41-43-45-47-49-51-57(61)58-55(54-65-66(62,63)64-53-52-59(3,4)5)56(60)50-48-46-44-42-15-13-11-9-7-2/h7-10,14-16,18-19,21-22,24-25,27-28,30-31,33-34,36-37,42,48,50,55-56,60H,6,11-13,17,20,23,26,29,32,35,38-41,43-47,49,51-54H2,1-5H3,(H-,58,61,62,63)/p+1/b9-7+,10-8-,16-14-,19-18-,22-21-,25-24-,28-27-,31-30-,34-33-,37-36-,42-15+,50-48+. The normalized spacial score (nSPS) is 15.3. The number of hydrogen-bond donors (Lipinski definition) is 3. The molecular weight excluding hydrogens is 840 g/mol. The van der Waals surface area contributed by atoms with Gasteiger partial charge in [-0.3, -0.25) is 13.8 Å². The van der Waals surface area contributed by atoms with E-state index in [0.717, 1.165) is 116 Å². The molecule has 0 aliphatic rings. The van der Waals surface area contributed by atoms with Crippen LogP contribution in [0.5, 0.6) is 0 Å². The fraction of sp³-hybridized carbons (Fsp3) is 0.561. The molecule has 0 radical (unpaired) electrons. The molecule has 0 aromatic heterocycles. The molecule has 0 aromatic rings. The van der Waals surface area contributed by atoms with E-state index in [1.807, 2.05) is 40.2 Å². The Morgan fingerprint density at radius 2 is 0.939 bits per heavy atom. The van der Waals surface area contributed by atoms with Crippen molar-refractivity contribution in [3.63, 3.8) is 0 Å². The number of aliphatic hydroxyl groups is 1. The number of amides is 1. The Hall–Kier alpha value is -3.62. The largest absolute Gasteiger partial charge is 0.472 e. The first-order valence-electron chi connectivity index (χ1n) is 25.2. The summed E-state index contributed by atoms with van der Waals surface area (Å²) >= 11 is 0. The van der Waals surface area contributed by atoms with Crippen LogP contribution in [0, 0.1) is 0 Å². The third kappa shape index (κ3) is 48.3. The zero-order valence-electron chi connectivity index (χ0n) is 42.1. The van der Waals surface area contributed by atoms with E-state index in [1.165, 1.54) is 19.3 Å². The molecule has 0 rings (SSSR count).